The number of hydrogen-bond donors (Lipinski definition) is 1. The van der Waals surface area contributed by atoms with E-state index in [1.807, 2.05) is 39.1 Å². The molecule has 0 bridgehead atoms. The Morgan fingerprint density at radius 3 is 2.54 bits per heavy atom. The van der Waals surface area contributed by atoms with Crippen LogP contribution in [0.5, 0.6) is 0 Å². The summed E-state index contributed by atoms with van der Waals surface area (Å²) in [7, 11) is -1.66. The Hall–Kier alpha value is -1.92. The van der Waals surface area contributed by atoms with Gasteiger partial charge >= 0.3 is 0 Å². The zero-order chi connectivity index (χ0) is 17.3. The second-order valence-corrected chi connectivity index (χ2v) is 8.16. The maximum atomic E-state index is 13.0. The van der Waals surface area contributed by atoms with E-state index >= 15 is 0 Å². The fourth-order valence-electron chi connectivity index (χ4n) is 3.25. The number of rotatable bonds is 4. The highest BCUT2D eigenvalue weighted by atomic mass is 32.2. The number of aryl methyl sites for hydroxylation is 2. The van der Waals surface area contributed by atoms with Crippen LogP contribution < -0.4 is 5.32 Å². The number of benzene rings is 1. The van der Waals surface area contributed by atoms with Gasteiger partial charge in [-0.3, -0.25) is 0 Å². The lowest BCUT2D eigenvalue weighted by Crippen LogP contribution is -2.30. The SMILES string of the molecule is CNc1ncc([C@H]2CCCN2S(=O)(=O)c2ccc(C)cc2)cc1C. The molecule has 1 saturated heterocycles. The molecule has 1 aliphatic heterocycles. The van der Waals surface area contributed by atoms with Gasteiger partial charge in [0.2, 0.25) is 10.0 Å². The van der Waals surface area contributed by atoms with Crippen molar-refractivity contribution in [2.75, 3.05) is 18.9 Å². The molecule has 6 heteroatoms. The van der Waals surface area contributed by atoms with E-state index in [2.05, 4.69) is 10.3 Å². The van der Waals surface area contributed by atoms with Crippen molar-refractivity contribution in [1.29, 1.82) is 0 Å². The molecule has 2 aromatic rings. The van der Waals surface area contributed by atoms with Crippen molar-refractivity contribution in [1.82, 2.24) is 9.29 Å². The lowest BCUT2D eigenvalue weighted by molar-refractivity contribution is 0.396. The second kappa shape index (κ2) is 6.53. The van der Waals surface area contributed by atoms with Gasteiger partial charge in [-0.1, -0.05) is 17.7 Å². The summed E-state index contributed by atoms with van der Waals surface area (Å²) >= 11 is 0. The highest BCUT2D eigenvalue weighted by molar-refractivity contribution is 7.89. The van der Waals surface area contributed by atoms with Crippen LogP contribution in [0.3, 0.4) is 0 Å². The van der Waals surface area contributed by atoms with Crippen molar-refractivity contribution in [2.24, 2.45) is 0 Å². The Balaban J connectivity index is 1.95. The van der Waals surface area contributed by atoms with Crippen LogP contribution >= 0.6 is 0 Å². The molecule has 1 atom stereocenters. The summed E-state index contributed by atoms with van der Waals surface area (Å²) in [6.07, 6.45) is 3.47. The lowest BCUT2D eigenvalue weighted by atomic mass is 10.1. The van der Waals surface area contributed by atoms with Gasteiger partial charge in [0.25, 0.3) is 0 Å². The quantitative estimate of drug-likeness (QED) is 0.924. The third kappa shape index (κ3) is 3.03. The summed E-state index contributed by atoms with van der Waals surface area (Å²) in [4.78, 5) is 4.77. The van der Waals surface area contributed by atoms with Gasteiger partial charge in [0.1, 0.15) is 5.82 Å². The normalized spacial score (nSPS) is 18.7. The maximum absolute atomic E-state index is 13.0. The van der Waals surface area contributed by atoms with E-state index in [4.69, 9.17) is 0 Å². The van der Waals surface area contributed by atoms with Crippen LogP contribution in [0.25, 0.3) is 0 Å². The first-order valence-corrected chi connectivity index (χ1v) is 9.60. The van der Waals surface area contributed by atoms with E-state index < -0.39 is 10.0 Å². The molecule has 0 saturated carbocycles. The average molecular weight is 345 g/mol. The number of aromatic nitrogens is 1. The largest absolute Gasteiger partial charge is 0.373 e. The molecule has 128 valence electrons. The molecule has 0 radical (unpaired) electrons. The van der Waals surface area contributed by atoms with Gasteiger partial charge in [-0.25, -0.2) is 13.4 Å². The summed E-state index contributed by atoms with van der Waals surface area (Å²) in [5.41, 5.74) is 3.03. The first-order chi connectivity index (χ1) is 11.4. The lowest BCUT2D eigenvalue weighted by Gasteiger charge is -2.25. The summed E-state index contributed by atoms with van der Waals surface area (Å²) in [6, 6.07) is 8.94. The molecular weight excluding hydrogens is 322 g/mol. The van der Waals surface area contributed by atoms with E-state index in [0.717, 1.165) is 35.3 Å². The van der Waals surface area contributed by atoms with E-state index in [1.165, 1.54) is 0 Å². The van der Waals surface area contributed by atoms with Crippen LogP contribution in [0.15, 0.2) is 41.4 Å². The van der Waals surface area contributed by atoms with Crippen molar-refractivity contribution in [3.8, 4) is 0 Å². The fraction of sp³-hybridized carbons (Fsp3) is 0.389. The first-order valence-electron chi connectivity index (χ1n) is 8.16. The van der Waals surface area contributed by atoms with Crippen molar-refractivity contribution >= 4 is 15.8 Å². The van der Waals surface area contributed by atoms with Gasteiger partial charge in [-0.05, 0) is 56.0 Å². The minimum atomic E-state index is -3.49. The van der Waals surface area contributed by atoms with E-state index in [1.54, 1.807) is 22.6 Å². The van der Waals surface area contributed by atoms with E-state index in [0.29, 0.717) is 11.4 Å². The van der Waals surface area contributed by atoms with Crippen LogP contribution in [-0.4, -0.2) is 31.3 Å². The number of nitrogens with one attached hydrogen (secondary N) is 1. The van der Waals surface area contributed by atoms with E-state index in [-0.39, 0.29) is 6.04 Å². The second-order valence-electron chi connectivity index (χ2n) is 6.27. The molecular formula is C18H23N3O2S. The third-order valence-corrected chi connectivity index (χ3v) is 6.47. The number of sulfonamides is 1. The van der Waals surface area contributed by atoms with Gasteiger partial charge in [-0.15, -0.1) is 0 Å². The molecule has 1 aliphatic rings. The molecule has 0 aliphatic carbocycles. The third-order valence-electron chi connectivity index (χ3n) is 4.55. The topological polar surface area (TPSA) is 62.3 Å². The maximum Gasteiger partial charge on any atom is 0.243 e. The smallest absolute Gasteiger partial charge is 0.243 e. The number of pyridine rings is 1. The van der Waals surface area contributed by atoms with Gasteiger partial charge in [0, 0.05) is 19.8 Å². The number of anilines is 1. The molecule has 0 unspecified atom stereocenters. The Labute approximate surface area is 143 Å². The Morgan fingerprint density at radius 2 is 1.92 bits per heavy atom. The standard InChI is InChI=1S/C18H23N3O2S/c1-13-6-8-16(9-7-13)24(22,23)21-10-4-5-17(21)15-11-14(2)18(19-3)20-12-15/h6-9,11-12,17H,4-5,10H2,1-3H3,(H,19,20)/t17-/m1/s1. The Bertz CT molecular complexity index is 832. The minimum Gasteiger partial charge on any atom is -0.373 e. The molecule has 3 rings (SSSR count). The van der Waals surface area contributed by atoms with Gasteiger partial charge in [-0.2, -0.15) is 4.31 Å². The molecule has 1 aromatic carbocycles. The van der Waals surface area contributed by atoms with E-state index in [9.17, 15) is 8.42 Å². The zero-order valence-electron chi connectivity index (χ0n) is 14.3. The van der Waals surface area contributed by atoms with Crippen LogP contribution in [0.1, 0.15) is 35.6 Å². The average Bonchev–Trinajstić information content (AvgIpc) is 3.05. The summed E-state index contributed by atoms with van der Waals surface area (Å²) < 4.78 is 27.7. The molecule has 2 heterocycles. The van der Waals surface area contributed by atoms with Crippen molar-refractivity contribution < 1.29 is 8.42 Å². The molecule has 1 N–H and O–H groups in total. The van der Waals surface area contributed by atoms with Crippen molar-refractivity contribution in [2.45, 2.75) is 37.6 Å². The van der Waals surface area contributed by atoms with Crippen LogP contribution in [0.4, 0.5) is 5.82 Å². The molecule has 5 nitrogen and oxygen atoms in total. The predicted octanol–water partition coefficient (Wildman–Crippen LogP) is 3.27. The number of hydrogen-bond acceptors (Lipinski definition) is 4. The van der Waals surface area contributed by atoms with Crippen LogP contribution in [-0.2, 0) is 10.0 Å². The van der Waals surface area contributed by atoms with Crippen LogP contribution in [0, 0.1) is 13.8 Å². The zero-order valence-corrected chi connectivity index (χ0v) is 15.1. The summed E-state index contributed by atoms with van der Waals surface area (Å²) in [5, 5.41) is 3.04. The highest BCUT2D eigenvalue weighted by Crippen LogP contribution is 2.37. The van der Waals surface area contributed by atoms with Gasteiger partial charge < -0.3 is 5.32 Å². The van der Waals surface area contributed by atoms with Crippen molar-refractivity contribution in [3.05, 3.63) is 53.2 Å². The Morgan fingerprint density at radius 1 is 1.21 bits per heavy atom. The molecule has 24 heavy (non-hydrogen) atoms. The van der Waals surface area contributed by atoms with Gasteiger partial charge in [0.05, 0.1) is 10.9 Å². The summed E-state index contributed by atoms with van der Waals surface area (Å²) in [6.45, 7) is 4.48. The van der Waals surface area contributed by atoms with Crippen LogP contribution in [0.2, 0.25) is 0 Å². The predicted molar refractivity (Wildman–Crippen MR) is 95.6 cm³/mol. The van der Waals surface area contributed by atoms with Gasteiger partial charge in [0.15, 0.2) is 0 Å². The fourth-order valence-corrected chi connectivity index (χ4v) is 4.93. The molecule has 1 fully saturated rings. The highest BCUT2D eigenvalue weighted by Gasteiger charge is 2.36. The first kappa shape index (κ1) is 16.9. The monoisotopic (exact) mass is 345 g/mol. The Kier molecular flexibility index (Phi) is 4.60. The summed E-state index contributed by atoms with van der Waals surface area (Å²) in [5.74, 6) is 0.824. The molecule has 1 aromatic heterocycles. The number of nitrogens with zero attached hydrogens (tertiary/aromatic N) is 2. The minimum absolute atomic E-state index is 0.145. The molecule has 0 amide bonds. The molecule has 0 spiro atoms. The van der Waals surface area contributed by atoms with Crippen molar-refractivity contribution in [3.63, 3.8) is 0 Å².